The molecule has 0 aliphatic carbocycles. The number of hydrogen-bond donors (Lipinski definition) is 1. The molecule has 0 bridgehead atoms. The highest BCUT2D eigenvalue weighted by Crippen LogP contribution is 2.21. The zero-order valence-electron chi connectivity index (χ0n) is 9.92. The second kappa shape index (κ2) is 3.89. The van der Waals surface area contributed by atoms with Crippen molar-refractivity contribution in [2.45, 2.75) is 40.8 Å². The highest BCUT2D eigenvalue weighted by atomic mass is 16.2. The fourth-order valence-corrected chi connectivity index (χ4v) is 1.85. The van der Waals surface area contributed by atoms with Gasteiger partial charge in [0.05, 0.1) is 12.7 Å². The monoisotopic (exact) mass is 198 g/mol. The molecule has 1 atom stereocenters. The lowest BCUT2D eigenvalue weighted by Gasteiger charge is -2.32. The van der Waals surface area contributed by atoms with E-state index in [0.29, 0.717) is 12.5 Å². The van der Waals surface area contributed by atoms with E-state index in [1.54, 1.807) is 0 Å². The molecule has 0 spiro atoms. The van der Waals surface area contributed by atoms with Gasteiger partial charge in [-0.25, -0.2) is 0 Å². The van der Waals surface area contributed by atoms with E-state index in [1.807, 2.05) is 4.90 Å². The number of amides is 1. The molecule has 3 nitrogen and oxygen atoms in total. The van der Waals surface area contributed by atoms with Gasteiger partial charge in [0.25, 0.3) is 0 Å². The molecule has 1 aliphatic heterocycles. The minimum Gasteiger partial charge on any atom is -0.325 e. The zero-order valence-corrected chi connectivity index (χ0v) is 9.92. The van der Waals surface area contributed by atoms with Crippen molar-refractivity contribution < 1.29 is 4.79 Å². The second-order valence-corrected chi connectivity index (χ2v) is 5.65. The van der Waals surface area contributed by atoms with Crippen molar-refractivity contribution in [3.05, 3.63) is 0 Å². The summed E-state index contributed by atoms with van der Waals surface area (Å²) in [4.78, 5) is 13.6. The molecule has 3 heteroatoms. The average Bonchev–Trinajstić information content (AvgIpc) is 2.29. The maximum absolute atomic E-state index is 11.6. The fraction of sp³-hybridized carbons (Fsp3) is 0.909. The molecule has 1 amide bonds. The summed E-state index contributed by atoms with van der Waals surface area (Å²) >= 11 is 0. The van der Waals surface area contributed by atoms with E-state index in [4.69, 9.17) is 0 Å². The second-order valence-electron chi connectivity index (χ2n) is 5.65. The van der Waals surface area contributed by atoms with Crippen molar-refractivity contribution in [1.82, 2.24) is 10.2 Å². The van der Waals surface area contributed by atoms with Crippen LogP contribution >= 0.6 is 0 Å². The summed E-state index contributed by atoms with van der Waals surface area (Å²) in [6.07, 6.45) is 0.224. The Morgan fingerprint density at radius 3 is 2.50 bits per heavy atom. The van der Waals surface area contributed by atoms with Gasteiger partial charge in [-0.15, -0.1) is 0 Å². The Morgan fingerprint density at radius 2 is 2.07 bits per heavy atom. The van der Waals surface area contributed by atoms with Gasteiger partial charge in [0.1, 0.15) is 0 Å². The quantitative estimate of drug-likeness (QED) is 0.728. The summed E-state index contributed by atoms with van der Waals surface area (Å²) < 4.78 is 0. The maximum atomic E-state index is 11.6. The lowest BCUT2D eigenvalue weighted by atomic mass is 9.95. The average molecular weight is 198 g/mol. The molecule has 1 aliphatic rings. The van der Waals surface area contributed by atoms with Crippen LogP contribution in [0.2, 0.25) is 0 Å². The minimum atomic E-state index is 0.175. The van der Waals surface area contributed by atoms with Gasteiger partial charge in [-0.1, -0.05) is 34.6 Å². The van der Waals surface area contributed by atoms with Crippen molar-refractivity contribution in [2.75, 3.05) is 13.1 Å². The highest BCUT2D eigenvalue weighted by Gasteiger charge is 2.34. The van der Waals surface area contributed by atoms with E-state index in [2.05, 4.69) is 39.9 Å². The van der Waals surface area contributed by atoms with Crippen molar-refractivity contribution in [1.29, 1.82) is 0 Å². The summed E-state index contributed by atoms with van der Waals surface area (Å²) in [5, 5.41) is 3.25. The first-order chi connectivity index (χ1) is 6.31. The molecular weight excluding hydrogens is 176 g/mol. The van der Waals surface area contributed by atoms with Gasteiger partial charge >= 0.3 is 0 Å². The third-order valence-electron chi connectivity index (χ3n) is 2.39. The molecule has 1 N–H and O–H groups in total. The first kappa shape index (κ1) is 11.5. The topological polar surface area (TPSA) is 32.3 Å². The number of hydrogen-bond acceptors (Lipinski definition) is 2. The van der Waals surface area contributed by atoms with Gasteiger partial charge in [-0.3, -0.25) is 10.1 Å². The largest absolute Gasteiger partial charge is 0.325 e. The van der Waals surface area contributed by atoms with E-state index in [-0.39, 0.29) is 17.5 Å². The molecule has 1 saturated heterocycles. The number of nitrogens with one attached hydrogen (secondary N) is 1. The van der Waals surface area contributed by atoms with Gasteiger partial charge in [0.15, 0.2) is 0 Å². The van der Waals surface area contributed by atoms with Crippen LogP contribution in [-0.2, 0) is 4.79 Å². The molecule has 14 heavy (non-hydrogen) atoms. The molecule has 0 radical (unpaired) electrons. The zero-order chi connectivity index (χ0) is 10.9. The third kappa shape index (κ3) is 2.71. The number of carbonyl (C=O) groups excluding carboxylic acids is 1. The van der Waals surface area contributed by atoms with Crippen LogP contribution in [-0.4, -0.2) is 30.1 Å². The molecule has 0 saturated carbocycles. The van der Waals surface area contributed by atoms with Crippen LogP contribution in [0, 0.1) is 11.3 Å². The van der Waals surface area contributed by atoms with Gasteiger partial charge in [0, 0.05) is 6.54 Å². The summed E-state index contributed by atoms with van der Waals surface area (Å²) in [5.41, 5.74) is 0.175. The van der Waals surface area contributed by atoms with Crippen molar-refractivity contribution in [3.8, 4) is 0 Å². The normalized spacial score (nSPS) is 23.7. The Hall–Kier alpha value is -0.570. The third-order valence-corrected chi connectivity index (χ3v) is 2.39. The molecule has 1 unspecified atom stereocenters. The highest BCUT2D eigenvalue weighted by molar-refractivity contribution is 5.80. The first-order valence-corrected chi connectivity index (χ1v) is 5.34. The molecule has 0 aromatic rings. The Labute approximate surface area is 86.9 Å². The minimum absolute atomic E-state index is 0.175. The maximum Gasteiger partial charge on any atom is 0.237 e. The number of nitrogens with zero attached hydrogens (tertiary/aromatic N) is 1. The van der Waals surface area contributed by atoms with Crippen LogP contribution in [0.4, 0.5) is 0 Å². The van der Waals surface area contributed by atoms with Crippen LogP contribution in [0.1, 0.15) is 34.6 Å². The molecule has 0 aromatic carbocycles. The predicted octanol–water partition coefficient (Wildman–Crippen LogP) is 1.45. The number of carbonyl (C=O) groups is 1. The fourth-order valence-electron chi connectivity index (χ4n) is 1.85. The van der Waals surface area contributed by atoms with E-state index in [9.17, 15) is 4.79 Å². The van der Waals surface area contributed by atoms with E-state index in [0.717, 1.165) is 6.54 Å². The van der Waals surface area contributed by atoms with E-state index < -0.39 is 0 Å². The van der Waals surface area contributed by atoms with Gasteiger partial charge < -0.3 is 4.90 Å². The lowest BCUT2D eigenvalue weighted by Crippen LogP contribution is -2.45. The Morgan fingerprint density at radius 1 is 1.50 bits per heavy atom. The molecule has 82 valence electrons. The van der Waals surface area contributed by atoms with Gasteiger partial charge in [-0.05, 0) is 11.3 Å². The Bertz CT molecular complexity index is 218. The summed E-state index contributed by atoms with van der Waals surface area (Å²) in [6, 6.07) is 0. The Kier molecular flexibility index (Phi) is 3.20. The van der Waals surface area contributed by atoms with Gasteiger partial charge in [-0.2, -0.15) is 0 Å². The van der Waals surface area contributed by atoms with Gasteiger partial charge in [0.2, 0.25) is 5.91 Å². The van der Waals surface area contributed by atoms with Crippen LogP contribution in [0.15, 0.2) is 0 Å². The summed E-state index contributed by atoms with van der Waals surface area (Å²) in [6.45, 7) is 12.1. The molecule has 1 fully saturated rings. The first-order valence-electron chi connectivity index (χ1n) is 5.34. The lowest BCUT2D eigenvalue weighted by molar-refractivity contribution is -0.129. The smallest absolute Gasteiger partial charge is 0.237 e. The van der Waals surface area contributed by atoms with Crippen LogP contribution < -0.4 is 5.32 Å². The predicted molar refractivity (Wildman–Crippen MR) is 57.8 cm³/mol. The molecule has 1 rings (SSSR count). The molecule has 1 heterocycles. The molecular formula is C11H22N2O. The van der Waals surface area contributed by atoms with Crippen molar-refractivity contribution in [2.24, 2.45) is 11.3 Å². The van der Waals surface area contributed by atoms with Crippen LogP contribution in [0.25, 0.3) is 0 Å². The number of rotatable bonds is 2. The van der Waals surface area contributed by atoms with Crippen LogP contribution in [0.5, 0.6) is 0 Å². The van der Waals surface area contributed by atoms with E-state index >= 15 is 0 Å². The van der Waals surface area contributed by atoms with Crippen LogP contribution in [0.3, 0.4) is 0 Å². The molecule has 0 aromatic heterocycles. The van der Waals surface area contributed by atoms with E-state index in [1.165, 1.54) is 0 Å². The Balaban J connectivity index is 2.68. The van der Waals surface area contributed by atoms with Crippen molar-refractivity contribution >= 4 is 5.91 Å². The SMILES string of the molecule is CC(C)C1NCC(=O)N1CC(C)(C)C. The summed E-state index contributed by atoms with van der Waals surface area (Å²) in [5.74, 6) is 0.711. The summed E-state index contributed by atoms with van der Waals surface area (Å²) in [7, 11) is 0. The van der Waals surface area contributed by atoms with Crippen molar-refractivity contribution in [3.63, 3.8) is 0 Å². The standard InChI is InChI=1S/C11H22N2O/c1-8(2)10-12-6-9(14)13(10)7-11(3,4)5/h8,10,12H,6-7H2,1-5H3.